The number of hydrogen-bond acceptors (Lipinski definition) is 3. The van der Waals surface area contributed by atoms with Crippen LogP contribution in [0.25, 0.3) is 0 Å². The third kappa shape index (κ3) is 3.02. The number of urea groups is 1. The van der Waals surface area contributed by atoms with Crippen LogP contribution < -0.4 is 14.8 Å². The summed E-state index contributed by atoms with van der Waals surface area (Å²) in [5, 5.41) is 3.10. The standard InChI is InChI=1S/C20H22N2O3/c1-2-22(13-14-6-4-3-5-7-14)20(23)21-18-16-9-11-24-17(16)12-15-8-10-25-19(15)18/h3-7,12H,2,8-11,13H2,1H3,(H,21,23). The molecule has 0 aromatic heterocycles. The molecular formula is C20H22N2O3. The van der Waals surface area contributed by atoms with Gasteiger partial charge < -0.3 is 19.7 Å². The number of ether oxygens (including phenoxy) is 2. The Morgan fingerprint density at radius 3 is 2.76 bits per heavy atom. The molecule has 0 spiro atoms. The fourth-order valence-corrected chi connectivity index (χ4v) is 3.43. The van der Waals surface area contributed by atoms with Crippen LogP contribution in [-0.4, -0.2) is 30.7 Å². The third-order valence-electron chi connectivity index (χ3n) is 4.77. The molecule has 0 radical (unpaired) electrons. The van der Waals surface area contributed by atoms with E-state index >= 15 is 0 Å². The highest BCUT2D eigenvalue weighted by atomic mass is 16.5. The van der Waals surface area contributed by atoms with E-state index in [4.69, 9.17) is 9.47 Å². The Bertz CT molecular complexity index is 757. The van der Waals surface area contributed by atoms with Gasteiger partial charge in [0.15, 0.2) is 0 Å². The van der Waals surface area contributed by atoms with Gasteiger partial charge in [-0.25, -0.2) is 4.79 Å². The summed E-state index contributed by atoms with van der Waals surface area (Å²) < 4.78 is 11.5. The first kappa shape index (κ1) is 15.8. The highest BCUT2D eigenvalue weighted by Crippen LogP contribution is 2.44. The van der Waals surface area contributed by atoms with E-state index in [2.05, 4.69) is 11.4 Å². The van der Waals surface area contributed by atoms with Crippen molar-refractivity contribution in [2.45, 2.75) is 26.3 Å². The Morgan fingerprint density at radius 2 is 1.96 bits per heavy atom. The Hall–Kier alpha value is -2.69. The highest BCUT2D eigenvalue weighted by Gasteiger charge is 2.28. The number of hydrogen-bond donors (Lipinski definition) is 1. The second-order valence-electron chi connectivity index (χ2n) is 6.34. The van der Waals surface area contributed by atoms with E-state index in [-0.39, 0.29) is 6.03 Å². The van der Waals surface area contributed by atoms with Crippen LogP contribution in [0.15, 0.2) is 36.4 Å². The fourth-order valence-electron chi connectivity index (χ4n) is 3.43. The Morgan fingerprint density at radius 1 is 1.16 bits per heavy atom. The molecule has 0 atom stereocenters. The summed E-state index contributed by atoms with van der Waals surface area (Å²) in [4.78, 5) is 14.7. The quantitative estimate of drug-likeness (QED) is 0.926. The summed E-state index contributed by atoms with van der Waals surface area (Å²) in [6, 6.07) is 12.0. The van der Waals surface area contributed by atoms with Crippen molar-refractivity contribution in [3.63, 3.8) is 0 Å². The molecule has 0 fully saturated rings. The van der Waals surface area contributed by atoms with Crippen molar-refractivity contribution in [3.05, 3.63) is 53.1 Å². The molecule has 0 bridgehead atoms. The second kappa shape index (κ2) is 6.67. The minimum absolute atomic E-state index is 0.107. The zero-order valence-corrected chi connectivity index (χ0v) is 14.4. The smallest absolute Gasteiger partial charge is 0.322 e. The summed E-state index contributed by atoms with van der Waals surface area (Å²) >= 11 is 0. The summed E-state index contributed by atoms with van der Waals surface area (Å²) in [7, 11) is 0. The molecule has 25 heavy (non-hydrogen) atoms. The molecular weight excluding hydrogens is 316 g/mol. The largest absolute Gasteiger partial charge is 0.493 e. The van der Waals surface area contributed by atoms with Gasteiger partial charge in [-0.1, -0.05) is 30.3 Å². The van der Waals surface area contributed by atoms with Gasteiger partial charge in [-0.15, -0.1) is 0 Å². The van der Waals surface area contributed by atoms with Gasteiger partial charge in [-0.3, -0.25) is 0 Å². The van der Waals surface area contributed by atoms with Crippen molar-refractivity contribution in [1.29, 1.82) is 0 Å². The minimum Gasteiger partial charge on any atom is -0.493 e. The van der Waals surface area contributed by atoms with Crippen LogP contribution in [0.5, 0.6) is 11.5 Å². The molecule has 5 nitrogen and oxygen atoms in total. The molecule has 2 aliphatic rings. The molecule has 2 amide bonds. The lowest BCUT2D eigenvalue weighted by atomic mass is 10.0. The van der Waals surface area contributed by atoms with Crippen molar-refractivity contribution in [3.8, 4) is 11.5 Å². The number of amides is 2. The Labute approximate surface area is 147 Å². The summed E-state index contributed by atoms with van der Waals surface area (Å²) in [6.45, 7) is 4.51. The van der Waals surface area contributed by atoms with E-state index in [0.717, 1.165) is 46.7 Å². The normalized spacial score (nSPS) is 14.3. The van der Waals surface area contributed by atoms with Crippen LogP contribution in [0, 0.1) is 0 Å². The molecule has 1 N–H and O–H groups in total. The molecule has 2 heterocycles. The van der Waals surface area contributed by atoms with E-state index in [1.165, 1.54) is 0 Å². The zero-order valence-electron chi connectivity index (χ0n) is 14.4. The number of carbonyl (C=O) groups excluding carboxylic acids is 1. The number of benzene rings is 2. The lowest BCUT2D eigenvalue weighted by Crippen LogP contribution is -2.34. The van der Waals surface area contributed by atoms with Crippen molar-refractivity contribution in [2.75, 3.05) is 25.1 Å². The van der Waals surface area contributed by atoms with E-state index in [1.54, 1.807) is 4.90 Å². The first-order chi connectivity index (χ1) is 12.3. The predicted molar refractivity (Wildman–Crippen MR) is 96.4 cm³/mol. The van der Waals surface area contributed by atoms with Crippen LogP contribution in [-0.2, 0) is 19.4 Å². The number of fused-ring (bicyclic) bond motifs is 2. The first-order valence-corrected chi connectivity index (χ1v) is 8.80. The number of anilines is 1. The highest BCUT2D eigenvalue weighted by molar-refractivity contribution is 5.93. The van der Waals surface area contributed by atoms with E-state index in [0.29, 0.717) is 26.3 Å². The second-order valence-corrected chi connectivity index (χ2v) is 6.34. The lowest BCUT2D eigenvalue weighted by Gasteiger charge is -2.23. The minimum atomic E-state index is -0.107. The van der Waals surface area contributed by atoms with Gasteiger partial charge in [-0.05, 0) is 18.6 Å². The average molecular weight is 338 g/mol. The van der Waals surface area contributed by atoms with Gasteiger partial charge in [-0.2, -0.15) is 0 Å². The number of carbonyl (C=O) groups is 1. The van der Waals surface area contributed by atoms with Crippen molar-refractivity contribution in [2.24, 2.45) is 0 Å². The summed E-state index contributed by atoms with van der Waals surface area (Å²) in [5.74, 6) is 1.69. The van der Waals surface area contributed by atoms with E-state index < -0.39 is 0 Å². The Kier molecular flexibility index (Phi) is 4.22. The van der Waals surface area contributed by atoms with Gasteiger partial charge in [0.2, 0.25) is 0 Å². The molecule has 130 valence electrons. The maximum absolute atomic E-state index is 12.9. The van der Waals surface area contributed by atoms with Gasteiger partial charge in [0.05, 0.1) is 18.9 Å². The molecule has 0 saturated carbocycles. The topological polar surface area (TPSA) is 50.8 Å². The van der Waals surface area contributed by atoms with Gasteiger partial charge >= 0.3 is 6.03 Å². The molecule has 0 unspecified atom stereocenters. The first-order valence-electron chi connectivity index (χ1n) is 8.80. The molecule has 4 rings (SSSR count). The van der Waals surface area contributed by atoms with Gasteiger partial charge in [0.1, 0.15) is 11.5 Å². The SMILES string of the molecule is CCN(Cc1ccccc1)C(=O)Nc1c2c(cc3c1OCC3)OCC2. The Balaban J connectivity index is 1.58. The molecule has 0 saturated heterocycles. The molecule has 2 aromatic rings. The molecule has 5 heteroatoms. The van der Waals surface area contributed by atoms with Crippen molar-refractivity contribution in [1.82, 2.24) is 4.90 Å². The number of nitrogens with one attached hydrogen (secondary N) is 1. The maximum atomic E-state index is 12.9. The van der Waals surface area contributed by atoms with Gasteiger partial charge in [0.25, 0.3) is 0 Å². The lowest BCUT2D eigenvalue weighted by molar-refractivity contribution is 0.212. The van der Waals surface area contributed by atoms with Gasteiger partial charge in [0, 0.05) is 37.1 Å². The van der Waals surface area contributed by atoms with Crippen LogP contribution in [0.3, 0.4) is 0 Å². The fraction of sp³-hybridized carbons (Fsp3) is 0.350. The zero-order chi connectivity index (χ0) is 17.2. The van der Waals surface area contributed by atoms with Crippen LogP contribution >= 0.6 is 0 Å². The molecule has 2 aromatic carbocycles. The van der Waals surface area contributed by atoms with Crippen molar-refractivity contribution >= 4 is 11.7 Å². The van der Waals surface area contributed by atoms with Crippen LogP contribution in [0.4, 0.5) is 10.5 Å². The van der Waals surface area contributed by atoms with E-state index in [1.807, 2.05) is 37.3 Å². The van der Waals surface area contributed by atoms with Crippen LogP contribution in [0.2, 0.25) is 0 Å². The monoisotopic (exact) mass is 338 g/mol. The average Bonchev–Trinajstić information content (AvgIpc) is 3.29. The maximum Gasteiger partial charge on any atom is 0.322 e. The molecule has 2 aliphatic heterocycles. The van der Waals surface area contributed by atoms with E-state index in [9.17, 15) is 4.79 Å². The predicted octanol–water partition coefficient (Wildman–Crippen LogP) is 3.61. The van der Waals surface area contributed by atoms with Crippen LogP contribution in [0.1, 0.15) is 23.6 Å². The summed E-state index contributed by atoms with van der Waals surface area (Å²) in [5.41, 5.74) is 4.06. The molecule has 0 aliphatic carbocycles. The number of rotatable bonds is 4. The third-order valence-corrected chi connectivity index (χ3v) is 4.77. The van der Waals surface area contributed by atoms with Crippen molar-refractivity contribution < 1.29 is 14.3 Å². The summed E-state index contributed by atoms with van der Waals surface area (Å²) in [6.07, 6.45) is 1.66. The number of nitrogens with zero attached hydrogens (tertiary/aromatic N) is 1.